The smallest absolute Gasteiger partial charge is 0.326 e. The van der Waals surface area contributed by atoms with Gasteiger partial charge < -0.3 is 5.32 Å². The number of nitrogens with zero attached hydrogens (tertiary/aromatic N) is 1. The average molecular weight is 524 g/mol. The second kappa shape index (κ2) is 9.17. The van der Waals surface area contributed by atoms with Crippen LogP contribution in [0.5, 0.6) is 0 Å². The molecule has 0 unspecified atom stereocenters. The Kier molecular flexibility index (Phi) is 6.90. The number of carbonyl (C=O) groups is 3. The van der Waals surface area contributed by atoms with Crippen molar-refractivity contribution in [2.24, 2.45) is 0 Å². The minimum Gasteiger partial charge on any atom is -0.326 e. The molecule has 2 aromatic rings. The maximum atomic E-state index is 14.7. The molecule has 0 aliphatic carbocycles. The Balaban J connectivity index is 2.19. The van der Waals surface area contributed by atoms with Crippen molar-refractivity contribution in [2.75, 3.05) is 10.2 Å². The van der Waals surface area contributed by atoms with Crippen LogP contribution in [-0.2, 0) is 24.4 Å². The van der Waals surface area contributed by atoms with Gasteiger partial charge >= 0.3 is 6.18 Å². The molecule has 36 heavy (non-hydrogen) atoms. The van der Waals surface area contributed by atoms with Crippen molar-refractivity contribution in [1.29, 1.82) is 0 Å². The summed E-state index contributed by atoms with van der Waals surface area (Å²) in [4.78, 5) is 37.3. The van der Waals surface area contributed by atoms with E-state index in [-0.39, 0.29) is 17.1 Å². The Hall–Kier alpha value is -3.51. The van der Waals surface area contributed by atoms with E-state index in [9.17, 15) is 36.0 Å². The van der Waals surface area contributed by atoms with Gasteiger partial charge in [-0.15, -0.1) is 0 Å². The van der Waals surface area contributed by atoms with Crippen LogP contribution in [0.2, 0.25) is 0 Å². The van der Waals surface area contributed by atoms with Crippen molar-refractivity contribution in [2.45, 2.75) is 51.2 Å². The summed E-state index contributed by atoms with van der Waals surface area (Å²) in [6.45, 7) is 6.71. The van der Waals surface area contributed by atoms with Gasteiger partial charge in [-0.3, -0.25) is 19.3 Å². The summed E-state index contributed by atoms with van der Waals surface area (Å²) in [7, 11) is -4.99. The average Bonchev–Trinajstić information content (AvgIpc) is 2.96. The van der Waals surface area contributed by atoms with Crippen molar-refractivity contribution >= 4 is 39.0 Å². The molecule has 0 saturated heterocycles. The minimum absolute atomic E-state index is 0.0596. The molecular weight excluding hydrogens is 499 g/mol. The Bertz CT molecular complexity index is 1400. The fourth-order valence-corrected chi connectivity index (χ4v) is 5.42. The number of alkyl halides is 3. The van der Waals surface area contributed by atoms with Gasteiger partial charge in [0.1, 0.15) is 0 Å². The number of hydrogen-bond acceptors (Lipinski definition) is 5. The van der Waals surface area contributed by atoms with Crippen LogP contribution in [0.3, 0.4) is 0 Å². The molecule has 0 aromatic heterocycles. The number of hydrogen-bond donors (Lipinski definition) is 2. The zero-order valence-corrected chi connectivity index (χ0v) is 20.9. The van der Waals surface area contributed by atoms with E-state index >= 15 is 0 Å². The number of ketones is 1. The van der Waals surface area contributed by atoms with E-state index in [1.54, 1.807) is 19.9 Å². The molecule has 2 N–H and O–H groups in total. The predicted octanol–water partition coefficient (Wildman–Crippen LogP) is 3.75. The number of carbonyl (C=O) groups excluding carboxylic acids is 3. The third kappa shape index (κ3) is 4.53. The van der Waals surface area contributed by atoms with Crippen LogP contribution in [0.4, 0.5) is 24.5 Å². The van der Waals surface area contributed by atoms with Crippen LogP contribution < -0.4 is 14.9 Å². The molecule has 0 bridgehead atoms. The van der Waals surface area contributed by atoms with Gasteiger partial charge in [-0.05, 0) is 75.2 Å². The quantitative estimate of drug-likeness (QED) is 0.599. The lowest BCUT2D eigenvalue weighted by molar-refractivity contribution is -0.183. The third-order valence-corrected chi connectivity index (χ3v) is 7.36. The van der Waals surface area contributed by atoms with E-state index in [1.165, 1.54) is 35.9 Å². The number of halogens is 3. The van der Waals surface area contributed by atoms with E-state index in [0.717, 1.165) is 31.5 Å². The molecule has 0 fully saturated rings. The molecule has 1 aliphatic heterocycles. The normalized spacial score (nSPS) is 18.6. The molecule has 0 radical (unpaired) electrons. The zero-order valence-electron chi connectivity index (χ0n) is 20.1. The van der Waals surface area contributed by atoms with E-state index in [2.05, 4.69) is 5.32 Å². The fourth-order valence-electron chi connectivity index (χ4n) is 4.10. The lowest BCUT2D eigenvalue weighted by atomic mass is 9.88. The largest absolute Gasteiger partial charge is 0.421 e. The van der Waals surface area contributed by atoms with Gasteiger partial charge in [-0.2, -0.15) is 17.9 Å². The van der Waals surface area contributed by atoms with E-state index in [0.29, 0.717) is 10.5 Å². The summed E-state index contributed by atoms with van der Waals surface area (Å²) in [5.41, 5.74) is -3.43. The standard InChI is InChI=1S/C24H24F3N3O5S/c1-13-6-9-19(12-14(13)2)30-15(3)21(16(4)31)23(22(30)33,24(25,26)27)29-36(34,35)20-10-7-18(8-11-20)28-17(5)32/h6-12,29H,1-5H3,(H,28,32)/t23-/m0/s1. The topological polar surface area (TPSA) is 113 Å². The fraction of sp³-hybridized carbons (Fsp3) is 0.292. The number of nitrogens with one attached hydrogen (secondary N) is 2. The number of allylic oxidation sites excluding steroid dienone is 1. The van der Waals surface area contributed by atoms with E-state index < -0.39 is 49.8 Å². The molecule has 0 saturated carbocycles. The van der Waals surface area contributed by atoms with Crippen molar-refractivity contribution in [1.82, 2.24) is 4.72 Å². The van der Waals surface area contributed by atoms with E-state index in [4.69, 9.17) is 0 Å². The molecule has 2 aromatic carbocycles. The van der Waals surface area contributed by atoms with Crippen molar-refractivity contribution in [3.63, 3.8) is 0 Å². The Morgan fingerprint density at radius 1 is 0.944 bits per heavy atom. The second-order valence-electron chi connectivity index (χ2n) is 8.48. The molecule has 0 spiro atoms. The second-order valence-corrected chi connectivity index (χ2v) is 10.2. The first-order chi connectivity index (χ1) is 16.5. The maximum Gasteiger partial charge on any atom is 0.421 e. The third-order valence-electron chi connectivity index (χ3n) is 5.89. The summed E-state index contributed by atoms with van der Waals surface area (Å²) in [5.74, 6) is -3.22. The summed E-state index contributed by atoms with van der Waals surface area (Å²) in [6.07, 6.45) is -5.51. The molecule has 192 valence electrons. The van der Waals surface area contributed by atoms with Crippen LogP contribution in [0.25, 0.3) is 0 Å². The van der Waals surface area contributed by atoms with Gasteiger partial charge in [-0.25, -0.2) is 8.42 Å². The Morgan fingerprint density at radius 3 is 2.00 bits per heavy atom. The van der Waals surface area contributed by atoms with Gasteiger partial charge in [0.05, 0.1) is 10.5 Å². The van der Waals surface area contributed by atoms with Gasteiger partial charge in [0.25, 0.3) is 5.91 Å². The molecule has 8 nitrogen and oxygen atoms in total. The van der Waals surface area contributed by atoms with Crippen LogP contribution in [-0.4, -0.2) is 37.7 Å². The van der Waals surface area contributed by atoms with Crippen LogP contribution in [0.1, 0.15) is 31.9 Å². The summed E-state index contributed by atoms with van der Waals surface area (Å²) < 4.78 is 72.0. The maximum absolute atomic E-state index is 14.7. The number of aryl methyl sites for hydroxylation is 2. The lowest BCUT2D eigenvalue weighted by Crippen LogP contribution is -2.66. The van der Waals surface area contributed by atoms with Gasteiger partial charge in [0.15, 0.2) is 5.78 Å². The van der Waals surface area contributed by atoms with Gasteiger partial charge in [-0.1, -0.05) is 6.07 Å². The summed E-state index contributed by atoms with van der Waals surface area (Å²) in [5, 5.41) is 2.41. The highest BCUT2D eigenvalue weighted by molar-refractivity contribution is 7.89. The van der Waals surface area contributed by atoms with Crippen LogP contribution in [0.15, 0.2) is 58.6 Å². The SMILES string of the molecule is CC(=O)Nc1ccc(S(=O)(=O)N[C@]2(C(F)(F)F)C(=O)N(c3ccc(C)c(C)c3)C(C)=C2C(C)=O)cc1. The first kappa shape index (κ1) is 27.1. The highest BCUT2D eigenvalue weighted by Crippen LogP contribution is 2.47. The zero-order chi connectivity index (χ0) is 27.2. The first-order valence-electron chi connectivity index (χ1n) is 10.7. The Morgan fingerprint density at radius 2 is 1.53 bits per heavy atom. The number of rotatable bonds is 6. The van der Waals surface area contributed by atoms with Crippen LogP contribution >= 0.6 is 0 Å². The molecule has 12 heteroatoms. The molecule has 1 heterocycles. The van der Waals surface area contributed by atoms with Crippen molar-refractivity contribution < 1.29 is 36.0 Å². The Labute approximate surface area is 206 Å². The molecule has 1 aliphatic rings. The number of Topliss-reactive ketones (excluding diaryl/α,β-unsaturated/α-hetero) is 1. The predicted molar refractivity (Wildman–Crippen MR) is 127 cm³/mol. The number of sulfonamides is 1. The number of anilines is 2. The lowest BCUT2D eigenvalue weighted by Gasteiger charge is -2.33. The van der Waals surface area contributed by atoms with Crippen LogP contribution in [0, 0.1) is 13.8 Å². The minimum atomic E-state index is -5.51. The first-order valence-corrected chi connectivity index (χ1v) is 12.1. The monoisotopic (exact) mass is 523 g/mol. The highest BCUT2D eigenvalue weighted by Gasteiger charge is 2.70. The molecule has 3 rings (SSSR count). The molecule has 1 atom stereocenters. The van der Waals surface area contributed by atoms with Crippen molar-refractivity contribution in [3.05, 3.63) is 64.9 Å². The molecule has 2 amide bonds. The summed E-state index contributed by atoms with van der Waals surface area (Å²) >= 11 is 0. The van der Waals surface area contributed by atoms with Gasteiger partial charge in [0.2, 0.25) is 21.5 Å². The summed E-state index contributed by atoms with van der Waals surface area (Å²) in [6, 6.07) is 8.82. The van der Waals surface area contributed by atoms with Crippen molar-refractivity contribution in [3.8, 4) is 0 Å². The number of amides is 2. The highest BCUT2D eigenvalue weighted by atomic mass is 32.2. The number of benzene rings is 2. The van der Waals surface area contributed by atoms with E-state index in [1.807, 2.05) is 0 Å². The molecular formula is C24H24F3N3O5S. The van der Waals surface area contributed by atoms with Gasteiger partial charge in [0, 0.05) is 24.0 Å².